The van der Waals surface area contributed by atoms with E-state index in [4.69, 9.17) is 4.42 Å². The lowest BCUT2D eigenvalue weighted by atomic mass is 10.1. The summed E-state index contributed by atoms with van der Waals surface area (Å²) in [6, 6.07) is 10.7. The van der Waals surface area contributed by atoms with Crippen LogP contribution in [0.3, 0.4) is 0 Å². The molecule has 0 bridgehead atoms. The molecule has 18 heavy (non-hydrogen) atoms. The number of aromatic nitrogens is 1. The predicted octanol–water partition coefficient (Wildman–Crippen LogP) is 3.35. The fourth-order valence-corrected chi connectivity index (χ4v) is 2.04. The molecular formula is C15H20N2O. The highest BCUT2D eigenvalue weighted by Crippen LogP contribution is 2.11. The monoisotopic (exact) mass is 244 g/mol. The van der Waals surface area contributed by atoms with Gasteiger partial charge < -0.3 is 9.73 Å². The van der Waals surface area contributed by atoms with Crippen molar-refractivity contribution in [3.05, 3.63) is 54.2 Å². The molecule has 1 unspecified atom stereocenters. The highest BCUT2D eigenvalue weighted by molar-refractivity contribution is 5.07. The van der Waals surface area contributed by atoms with E-state index in [1.165, 1.54) is 0 Å². The summed E-state index contributed by atoms with van der Waals surface area (Å²) in [4.78, 5) is 4.36. The fraction of sp³-hybridized carbons (Fsp3) is 0.400. The molecule has 0 aliphatic carbocycles. The van der Waals surface area contributed by atoms with Gasteiger partial charge in [-0.1, -0.05) is 6.07 Å². The third kappa shape index (κ3) is 3.70. The van der Waals surface area contributed by atoms with Crippen molar-refractivity contribution in [3.63, 3.8) is 0 Å². The molecule has 96 valence electrons. The van der Waals surface area contributed by atoms with E-state index in [0.29, 0.717) is 6.04 Å². The topological polar surface area (TPSA) is 38.1 Å². The molecule has 1 N–H and O–H groups in total. The molecular weight excluding hydrogens is 224 g/mol. The lowest BCUT2D eigenvalue weighted by Crippen LogP contribution is -2.29. The Bertz CT molecular complexity index is 439. The Kier molecular flexibility index (Phi) is 4.53. The first-order valence-electron chi connectivity index (χ1n) is 6.45. The summed E-state index contributed by atoms with van der Waals surface area (Å²) >= 11 is 0. The minimum absolute atomic E-state index is 0.276. The maximum atomic E-state index is 5.33. The molecule has 0 saturated carbocycles. The quantitative estimate of drug-likeness (QED) is 0.846. The van der Waals surface area contributed by atoms with Gasteiger partial charge in [0, 0.05) is 24.7 Å². The molecule has 2 aromatic rings. The van der Waals surface area contributed by atoms with E-state index < -0.39 is 0 Å². The molecule has 0 fully saturated rings. The van der Waals surface area contributed by atoms with E-state index in [-0.39, 0.29) is 6.04 Å². The summed E-state index contributed by atoms with van der Waals surface area (Å²) < 4.78 is 5.33. The summed E-state index contributed by atoms with van der Waals surface area (Å²) in [7, 11) is 0. The smallest absolute Gasteiger partial charge is 0.103 e. The normalized spacial score (nSPS) is 14.3. The van der Waals surface area contributed by atoms with Crippen molar-refractivity contribution in [3.8, 4) is 0 Å². The Labute approximate surface area is 108 Å². The van der Waals surface area contributed by atoms with Gasteiger partial charge in [-0.15, -0.1) is 0 Å². The number of furan rings is 1. The highest BCUT2D eigenvalue weighted by atomic mass is 16.3. The van der Waals surface area contributed by atoms with Crippen LogP contribution in [0.25, 0.3) is 0 Å². The minimum atomic E-state index is 0.276. The molecule has 0 aromatic carbocycles. The van der Waals surface area contributed by atoms with Crippen LogP contribution in [0, 0.1) is 0 Å². The van der Waals surface area contributed by atoms with E-state index in [2.05, 4.69) is 30.2 Å². The van der Waals surface area contributed by atoms with Gasteiger partial charge in [0.1, 0.15) is 5.76 Å². The molecule has 0 saturated heterocycles. The maximum absolute atomic E-state index is 5.33. The second-order valence-electron chi connectivity index (χ2n) is 4.66. The molecule has 2 heterocycles. The van der Waals surface area contributed by atoms with Crippen molar-refractivity contribution in [1.29, 1.82) is 0 Å². The van der Waals surface area contributed by atoms with Gasteiger partial charge in [0.2, 0.25) is 0 Å². The third-order valence-electron chi connectivity index (χ3n) is 3.07. The van der Waals surface area contributed by atoms with Crippen molar-refractivity contribution >= 4 is 0 Å². The highest BCUT2D eigenvalue weighted by Gasteiger charge is 2.10. The van der Waals surface area contributed by atoms with Crippen LogP contribution >= 0.6 is 0 Å². The van der Waals surface area contributed by atoms with Crippen LogP contribution in [0.5, 0.6) is 0 Å². The Hall–Kier alpha value is -1.61. The summed E-state index contributed by atoms with van der Waals surface area (Å²) in [5.41, 5.74) is 1.09. The molecule has 2 atom stereocenters. The van der Waals surface area contributed by atoms with E-state index in [1.807, 2.05) is 30.5 Å². The van der Waals surface area contributed by atoms with Crippen LogP contribution in [-0.4, -0.2) is 11.0 Å². The average Bonchev–Trinajstić information content (AvgIpc) is 2.90. The van der Waals surface area contributed by atoms with Gasteiger partial charge in [-0.05, 0) is 44.5 Å². The van der Waals surface area contributed by atoms with Crippen LogP contribution in [0.15, 0.2) is 47.2 Å². The molecule has 0 amide bonds. The predicted molar refractivity (Wildman–Crippen MR) is 72.3 cm³/mol. The number of rotatable bonds is 6. The molecule has 0 radical (unpaired) electrons. The first kappa shape index (κ1) is 12.8. The molecule has 0 aliphatic heterocycles. The zero-order chi connectivity index (χ0) is 12.8. The van der Waals surface area contributed by atoms with E-state index in [1.54, 1.807) is 6.26 Å². The van der Waals surface area contributed by atoms with E-state index >= 15 is 0 Å². The van der Waals surface area contributed by atoms with Gasteiger partial charge in [-0.2, -0.15) is 0 Å². The van der Waals surface area contributed by atoms with Crippen LogP contribution in [0.1, 0.15) is 37.8 Å². The summed E-state index contributed by atoms with van der Waals surface area (Å²) in [5.74, 6) is 1.05. The Morgan fingerprint density at radius 3 is 2.78 bits per heavy atom. The molecule has 2 rings (SSSR count). The Morgan fingerprint density at radius 2 is 2.11 bits per heavy atom. The summed E-state index contributed by atoms with van der Waals surface area (Å²) in [6.45, 7) is 4.34. The number of pyridine rings is 1. The summed E-state index contributed by atoms with van der Waals surface area (Å²) in [6.07, 6.45) is 5.59. The third-order valence-corrected chi connectivity index (χ3v) is 3.07. The molecule has 0 spiro atoms. The Morgan fingerprint density at radius 1 is 1.22 bits per heavy atom. The average molecular weight is 244 g/mol. The van der Waals surface area contributed by atoms with Crippen LogP contribution in [0.4, 0.5) is 0 Å². The minimum Gasteiger partial charge on any atom is -0.469 e. The maximum Gasteiger partial charge on any atom is 0.103 e. The number of nitrogens with zero attached hydrogens (tertiary/aromatic N) is 1. The standard InChI is InChI=1S/C15H20N2O/c1-12(8-9-14-6-5-11-18-14)17-13(2)15-7-3-4-10-16-15/h3-7,10-13,17H,8-9H2,1-2H3/t12?,13-/m0/s1. The van der Waals surface area contributed by atoms with E-state index in [9.17, 15) is 0 Å². The second-order valence-corrected chi connectivity index (χ2v) is 4.66. The van der Waals surface area contributed by atoms with Crippen LogP contribution in [0.2, 0.25) is 0 Å². The van der Waals surface area contributed by atoms with Gasteiger partial charge in [-0.25, -0.2) is 0 Å². The van der Waals surface area contributed by atoms with Gasteiger partial charge >= 0.3 is 0 Å². The first-order chi connectivity index (χ1) is 8.75. The fourth-order valence-electron chi connectivity index (χ4n) is 2.04. The van der Waals surface area contributed by atoms with Gasteiger partial charge in [0.25, 0.3) is 0 Å². The van der Waals surface area contributed by atoms with Gasteiger partial charge in [0.05, 0.1) is 12.0 Å². The molecule has 3 heteroatoms. The number of hydrogen-bond acceptors (Lipinski definition) is 3. The first-order valence-corrected chi connectivity index (χ1v) is 6.45. The molecule has 2 aromatic heterocycles. The zero-order valence-corrected chi connectivity index (χ0v) is 11.0. The second kappa shape index (κ2) is 6.36. The van der Waals surface area contributed by atoms with Crippen molar-refractivity contribution < 1.29 is 4.42 Å². The van der Waals surface area contributed by atoms with E-state index in [0.717, 1.165) is 24.3 Å². The lowest BCUT2D eigenvalue weighted by molar-refractivity contribution is 0.427. The van der Waals surface area contributed by atoms with Crippen molar-refractivity contribution in [1.82, 2.24) is 10.3 Å². The van der Waals surface area contributed by atoms with Crippen LogP contribution < -0.4 is 5.32 Å². The SMILES string of the molecule is CC(CCc1ccco1)N[C@@H](C)c1ccccn1. The zero-order valence-electron chi connectivity index (χ0n) is 11.0. The Balaban J connectivity index is 1.78. The number of nitrogens with one attached hydrogen (secondary N) is 1. The van der Waals surface area contributed by atoms with Crippen molar-refractivity contribution in [2.75, 3.05) is 0 Å². The number of aryl methyl sites for hydroxylation is 1. The van der Waals surface area contributed by atoms with Crippen molar-refractivity contribution in [2.45, 2.75) is 38.8 Å². The molecule has 3 nitrogen and oxygen atoms in total. The number of hydrogen-bond donors (Lipinski definition) is 1. The van der Waals surface area contributed by atoms with Crippen LogP contribution in [-0.2, 0) is 6.42 Å². The summed E-state index contributed by atoms with van der Waals surface area (Å²) in [5, 5.41) is 3.55. The van der Waals surface area contributed by atoms with Crippen molar-refractivity contribution in [2.24, 2.45) is 0 Å². The lowest BCUT2D eigenvalue weighted by Gasteiger charge is -2.19. The molecule has 0 aliphatic rings. The largest absolute Gasteiger partial charge is 0.469 e. The van der Waals surface area contributed by atoms with Gasteiger partial charge in [-0.3, -0.25) is 4.98 Å². The van der Waals surface area contributed by atoms with Gasteiger partial charge in [0.15, 0.2) is 0 Å².